The molecule has 0 aliphatic heterocycles. The molecular formula is C13H9Br2ClO3P+. The summed E-state index contributed by atoms with van der Waals surface area (Å²) in [5, 5.41) is -1.57. The Balaban J connectivity index is 2.66. The third-order valence-corrected chi connectivity index (χ3v) is 5.05. The molecule has 0 saturated heterocycles. The van der Waals surface area contributed by atoms with Crippen molar-refractivity contribution in [3.05, 3.63) is 68.6 Å². The Labute approximate surface area is 139 Å². The number of hydrogen-bond acceptors (Lipinski definition) is 2. The summed E-state index contributed by atoms with van der Waals surface area (Å²) in [6.07, 6.45) is 0. The van der Waals surface area contributed by atoms with E-state index >= 15 is 0 Å². The van der Waals surface area contributed by atoms with Crippen LogP contribution in [0, 0.1) is 0 Å². The lowest BCUT2D eigenvalue weighted by molar-refractivity contribution is 0.186. The van der Waals surface area contributed by atoms with Crippen molar-refractivity contribution in [3.8, 4) is 0 Å². The van der Waals surface area contributed by atoms with Gasteiger partial charge in [0.15, 0.2) is 0 Å². The van der Waals surface area contributed by atoms with E-state index in [1.807, 2.05) is 12.1 Å². The zero-order valence-corrected chi connectivity index (χ0v) is 14.8. The minimum absolute atomic E-state index is 0.547. The maximum atomic E-state index is 11.2. The molecule has 0 amide bonds. The third-order valence-electron chi connectivity index (χ3n) is 2.64. The number of rotatable bonds is 4. The molecule has 20 heavy (non-hydrogen) atoms. The van der Waals surface area contributed by atoms with E-state index in [9.17, 15) is 4.57 Å². The minimum Gasteiger partial charge on any atom is -0.133 e. The van der Waals surface area contributed by atoms with Gasteiger partial charge in [-0.15, -0.1) is 4.89 Å². The highest BCUT2D eigenvalue weighted by Crippen LogP contribution is 2.48. The molecule has 1 N–H and O–H groups in total. The first kappa shape index (κ1) is 16.1. The summed E-state index contributed by atoms with van der Waals surface area (Å²) in [6.45, 7) is 0. The van der Waals surface area contributed by atoms with Crippen LogP contribution in [0.4, 0.5) is 0 Å². The molecule has 0 spiro atoms. The first-order chi connectivity index (χ1) is 9.45. The monoisotopic (exact) mass is 437 g/mol. The van der Waals surface area contributed by atoms with Crippen LogP contribution in [0.25, 0.3) is 0 Å². The van der Waals surface area contributed by atoms with Crippen molar-refractivity contribution in [2.24, 2.45) is 0 Å². The average Bonchev–Trinajstić information content (AvgIpc) is 2.38. The lowest BCUT2D eigenvalue weighted by atomic mass is 10.0. The second kappa shape index (κ2) is 6.65. The smallest absolute Gasteiger partial charge is 0.133 e. The molecule has 0 aromatic heterocycles. The van der Waals surface area contributed by atoms with E-state index in [2.05, 4.69) is 31.9 Å². The largest absolute Gasteiger partial charge is 0.697 e. The zero-order valence-electron chi connectivity index (χ0n) is 9.96. The van der Waals surface area contributed by atoms with Crippen LogP contribution >= 0.6 is 51.7 Å². The topological polar surface area (TPSA) is 46.5 Å². The molecule has 0 heterocycles. The van der Waals surface area contributed by atoms with Crippen LogP contribution in [0.2, 0.25) is 0 Å². The van der Waals surface area contributed by atoms with Crippen LogP contribution in [-0.2, 0) is 14.1 Å². The van der Waals surface area contributed by atoms with Gasteiger partial charge in [0, 0.05) is 24.6 Å². The van der Waals surface area contributed by atoms with E-state index < -0.39 is 13.3 Å². The molecule has 2 aromatic carbocycles. The summed E-state index contributed by atoms with van der Waals surface area (Å²) in [7, 11) is -2.88. The second-order valence-corrected chi connectivity index (χ2v) is 6.78. The van der Waals surface area contributed by atoms with Crippen LogP contribution in [0.5, 0.6) is 0 Å². The molecule has 1 unspecified atom stereocenters. The Kier molecular flexibility index (Phi) is 5.35. The van der Waals surface area contributed by atoms with Gasteiger partial charge in [0.1, 0.15) is 0 Å². The van der Waals surface area contributed by atoms with Crippen molar-refractivity contribution in [1.29, 1.82) is 0 Å². The van der Waals surface area contributed by atoms with E-state index in [4.69, 9.17) is 21.0 Å². The van der Waals surface area contributed by atoms with Crippen LogP contribution in [0.15, 0.2) is 57.5 Å². The van der Waals surface area contributed by atoms with Gasteiger partial charge in [-0.25, -0.2) is 0 Å². The molecular weight excluding hydrogens is 430 g/mol. The van der Waals surface area contributed by atoms with Gasteiger partial charge >= 0.3 is 8.25 Å². The molecule has 1 atom stereocenters. The Morgan fingerprint density at radius 1 is 1.00 bits per heavy atom. The summed E-state index contributed by atoms with van der Waals surface area (Å²) in [4.78, 5) is 9.16. The predicted octanol–water partition coefficient (Wildman–Crippen LogP) is 5.32. The first-order valence-corrected chi connectivity index (χ1v) is 8.59. The van der Waals surface area contributed by atoms with E-state index in [1.54, 1.807) is 36.4 Å². The molecule has 0 saturated carbocycles. The van der Waals surface area contributed by atoms with Gasteiger partial charge in [-0.3, -0.25) is 0 Å². The highest BCUT2D eigenvalue weighted by atomic mass is 79.9. The summed E-state index contributed by atoms with van der Waals surface area (Å²) in [6, 6.07) is 14.2. The second-order valence-electron chi connectivity index (χ2n) is 3.88. The Morgan fingerprint density at radius 3 is 1.75 bits per heavy atom. The van der Waals surface area contributed by atoms with Crippen LogP contribution in [0.3, 0.4) is 0 Å². The average molecular weight is 439 g/mol. The molecule has 3 nitrogen and oxygen atoms in total. The zero-order chi connectivity index (χ0) is 14.8. The maximum Gasteiger partial charge on any atom is 0.697 e. The van der Waals surface area contributed by atoms with Gasteiger partial charge in [-0.1, -0.05) is 84.4 Å². The SMILES string of the molecule is O=[P+](O)OC(Cl)(c1ccccc1Br)c1ccccc1Br. The predicted molar refractivity (Wildman–Crippen MR) is 85.8 cm³/mol. The van der Waals surface area contributed by atoms with Crippen LogP contribution in [0.1, 0.15) is 11.1 Å². The van der Waals surface area contributed by atoms with Crippen LogP contribution in [-0.4, -0.2) is 4.89 Å². The maximum absolute atomic E-state index is 11.2. The van der Waals surface area contributed by atoms with Crippen molar-refractivity contribution < 1.29 is 14.0 Å². The van der Waals surface area contributed by atoms with Gasteiger partial charge in [0.25, 0.3) is 5.06 Å². The van der Waals surface area contributed by atoms with Crippen molar-refractivity contribution in [3.63, 3.8) is 0 Å². The molecule has 0 radical (unpaired) electrons. The van der Waals surface area contributed by atoms with Gasteiger partial charge in [0.2, 0.25) is 0 Å². The molecule has 7 heteroatoms. The molecule has 0 aliphatic rings. The standard InChI is InChI=1S/C13H8Br2ClO3P/c14-11-7-3-1-5-9(11)13(16,19-20(17)18)10-6-2-4-8-12(10)15/h1-8H/p+1. The molecule has 2 rings (SSSR count). The van der Waals surface area contributed by atoms with Crippen molar-refractivity contribution in [1.82, 2.24) is 0 Å². The summed E-state index contributed by atoms with van der Waals surface area (Å²) in [5.41, 5.74) is 1.09. The molecule has 104 valence electrons. The highest BCUT2D eigenvalue weighted by Gasteiger charge is 2.44. The molecule has 2 aromatic rings. The van der Waals surface area contributed by atoms with Gasteiger partial charge in [-0.2, -0.15) is 0 Å². The van der Waals surface area contributed by atoms with Crippen molar-refractivity contribution >= 4 is 51.7 Å². The Bertz CT molecular complexity index is 606. The van der Waals surface area contributed by atoms with Gasteiger partial charge in [0.05, 0.1) is 0 Å². The molecule has 0 aliphatic carbocycles. The van der Waals surface area contributed by atoms with E-state index in [-0.39, 0.29) is 0 Å². The van der Waals surface area contributed by atoms with E-state index in [1.165, 1.54) is 0 Å². The van der Waals surface area contributed by atoms with E-state index in [0.717, 1.165) is 0 Å². The lowest BCUT2D eigenvalue weighted by Gasteiger charge is -2.23. The normalized spacial score (nSPS) is 12.3. The van der Waals surface area contributed by atoms with Crippen molar-refractivity contribution in [2.45, 2.75) is 5.06 Å². The first-order valence-electron chi connectivity index (χ1n) is 5.49. The fraction of sp³-hybridized carbons (Fsp3) is 0.0769. The summed E-state index contributed by atoms with van der Waals surface area (Å²) >= 11 is 13.3. The van der Waals surface area contributed by atoms with E-state index in [0.29, 0.717) is 20.1 Å². The minimum atomic E-state index is -2.88. The number of halogens is 3. The van der Waals surface area contributed by atoms with Gasteiger partial charge < -0.3 is 0 Å². The quantitative estimate of drug-likeness (QED) is 0.518. The van der Waals surface area contributed by atoms with Crippen molar-refractivity contribution in [2.75, 3.05) is 0 Å². The number of benzene rings is 2. The Morgan fingerprint density at radius 2 is 1.40 bits per heavy atom. The Hall–Kier alpha value is -0.290. The van der Waals surface area contributed by atoms with Gasteiger partial charge in [-0.05, 0) is 12.1 Å². The summed E-state index contributed by atoms with van der Waals surface area (Å²) in [5.74, 6) is 0. The summed E-state index contributed by atoms with van der Waals surface area (Å²) < 4.78 is 17.7. The lowest BCUT2D eigenvalue weighted by Crippen LogP contribution is -2.23. The fourth-order valence-corrected chi connectivity index (χ4v) is 4.07. The molecule has 0 bridgehead atoms. The number of alkyl halides is 1. The van der Waals surface area contributed by atoms with Crippen LogP contribution < -0.4 is 0 Å². The fourth-order valence-electron chi connectivity index (χ4n) is 1.80. The third kappa shape index (κ3) is 3.30. The highest BCUT2D eigenvalue weighted by molar-refractivity contribution is 9.10. The molecule has 0 fully saturated rings. The number of hydrogen-bond donors (Lipinski definition) is 1.